The number of nitrogens with zero attached hydrogens (tertiary/aromatic N) is 3. The molecule has 0 unspecified atom stereocenters. The van der Waals surface area contributed by atoms with Crippen LogP contribution in [-0.4, -0.2) is 58.3 Å². The molecule has 0 radical (unpaired) electrons. The Labute approximate surface area is 211 Å². The first-order valence-corrected chi connectivity index (χ1v) is 13.3. The van der Waals surface area contributed by atoms with Gasteiger partial charge >= 0.3 is 0 Å². The van der Waals surface area contributed by atoms with Crippen LogP contribution < -0.4 is 14.8 Å². The van der Waals surface area contributed by atoms with Crippen molar-refractivity contribution in [2.75, 3.05) is 18.1 Å². The van der Waals surface area contributed by atoms with Crippen LogP contribution in [0, 0.1) is 6.92 Å². The van der Waals surface area contributed by atoms with Crippen molar-refractivity contribution in [2.24, 2.45) is 0 Å². The van der Waals surface area contributed by atoms with Crippen molar-refractivity contribution in [2.45, 2.75) is 45.1 Å². The lowest BCUT2D eigenvalue weighted by molar-refractivity contribution is -0.0235. The third-order valence-electron chi connectivity index (χ3n) is 5.89. The number of amides is 1. The Kier molecular flexibility index (Phi) is 6.86. The second kappa shape index (κ2) is 9.47. The second-order valence-electron chi connectivity index (χ2n) is 9.22. The molecule has 4 heterocycles. The largest absolute Gasteiger partial charge is 0.482 e. The minimum absolute atomic E-state index is 0.0229. The maximum Gasteiger partial charge on any atom is 0.278 e. The number of imidazole rings is 1. The Balaban J connectivity index is 1.55. The van der Waals surface area contributed by atoms with Crippen LogP contribution in [0.4, 0.5) is 8.78 Å². The summed E-state index contributed by atoms with van der Waals surface area (Å²) in [4.78, 5) is 21.3. The van der Waals surface area contributed by atoms with E-state index in [1.54, 1.807) is 29.7 Å². The van der Waals surface area contributed by atoms with Crippen molar-refractivity contribution in [3.8, 4) is 17.4 Å². The van der Waals surface area contributed by atoms with Gasteiger partial charge in [0.25, 0.3) is 17.7 Å². The molecule has 194 valence electrons. The predicted molar refractivity (Wildman–Crippen MR) is 129 cm³/mol. The van der Waals surface area contributed by atoms with Crippen LogP contribution in [0.3, 0.4) is 0 Å². The molecule has 0 saturated carbocycles. The van der Waals surface area contributed by atoms with E-state index < -0.39 is 33.8 Å². The molecule has 36 heavy (non-hydrogen) atoms. The topological polar surface area (TPSA) is 112 Å². The van der Waals surface area contributed by atoms with Crippen molar-refractivity contribution in [3.63, 3.8) is 0 Å². The van der Waals surface area contributed by atoms with E-state index in [-0.39, 0.29) is 33.9 Å². The van der Waals surface area contributed by atoms with Gasteiger partial charge in [-0.2, -0.15) is 0 Å². The number of rotatable bonds is 7. The monoisotopic (exact) mass is 542 g/mol. The van der Waals surface area contributed by atoms with Crippen molar-refractivity contribution in [1.29, 1.82) is 0 Å². The molecule has 3 aromatic rings. The second-order valence-corrected chi connectivity index (χ2v) is 12.0. The fraction of sp³-hybridized carbons (Fsp3) is 0.435. The first-order valence-electron chi connectivity index (χ1n) is 11.1. The van der Waals surface area contributed by atoms with Gasteiger partial charge in [-0.3, -0.25) is 9.20 Å². The van der Waals surface area contributed by atoms with Crippen LogP contribution in [0.25, 0.3) is 5.65 Å². The highest BCUT2D eigenvalue weighted by molar-refractivity contribution is 7.91. The minimum atomic E-state index is -3.07. The quantitative estimate of drug-likeness (QED) is 0.476. The molecular formula is C23H25ClF2N4O5S. The fourth-order valence-corrected chi connectivity index (χ4v) is 5.61. The molecule has 0 spiro atoms. The summed E-state index contributed by atoms with van der Waals surface area (Å²) in [6, 6.07) is 4.58. The molecule has 1 saturated heterocycles. The third-order valence-corrected chi connectivity index (χ3v) is 7.74. The molecular weight excluding hydrogens is 518 g/mol. The zero-order valence-corrected chi connectivity index (χ0v) is 21.4. The average Bonchev–Trinajstić information content (AvgIpc) is 3.23. The standard InChI is InChI=1S/C23H25ClF2N4O5S/c1-14-17(35-21-18(10-15(24)11-27-21)34-13-23(3,25)26)4-5-19-28-16(12-30(14)19)20(31)29-22(2)6-8-36(32,33)9-7-22/h4-5,10-12H,6-9,13H2,1-3H3,(H,29,31). The van der Waals surface area contributed by atoms with E-state index >= 15 is 0 Å². The number of ether oxygens (including phenoxy) is 2. The Hall–Kier alpha value is -2.99. The van der Waals surface area contributed by atoms with Crippen LogP contribution in [0.5, 0.6) is 17.4 Å². The Morgan fingerprint density at radius 1 is 1.28 bits per heavy atom. The number of alkyl halides is 2. The molecule has 0 aromatic carbocycles. The van der Waals surface area contributed by atoms with E-state index in [4.69, 9.17) is 21.1 Å². The number of aryl methyl sites for hydroxylation is 1. The van der Waals surface area contributed by atoms with Gasteiger partial charge in [-0.1, -0.05) is 11.6 Å². The van der Waals surface area contributed by atoms with Crippen molar-refractivity contribution in [1.82, 2.24) is 19.7 Å². The summed E-state index contributed by atoms with van der Waals surface area (Å²) in [7, 11) is -3.07. The molecule has 0 aliphatic carbocycles. The van der Waals surface area contributed by atoms with Gasteiger partial charge in [-0.15, -0.1) is 0 Å². The zero-order chi connectivity index (χ0) is 26.3. The number of carbonyl (C=O) groups excluding carboxylic acids is 1. The molecule has 1 aliphatic rings. The lowest BCUT2D eigenvalue weighted by Gasteiger charge is -2.34. The van der Waals surface area contributed by atoms with E-state index in [1.807, 2.05) is 6.92 Å². The first kappa shape index (κ1) is 26.1. The maximum absolute atomic E-state index is 13.3. The number of aromatic nitrogens is 3. The number of halogens is 3. The van der Waals surface area contributed by atoms with E-state index in [2.05, 4.69) is 15.3 Å². The van der Waals surface area contributed by atoms with Crippen LogP contribution in [0.15, 0.2) is 30.6 Å². The molecule has 0 bridgehead atoms. The third kappa shape index (κ3) is 6.04. The molecule has 1 amide bonds. The smallest absolute Gasteiger partial charge is 0.278 e. The normalized spacial score (nSPS) is 17.1. The predicted octanol–water partition coefficient (Wildman–Crippen LogP) is 4.21. The summed E-state index contributed by atoms with van der Waals surface area (Å²) in [6.45, 7) is 3.40. The summed E-state index contributed by atoms with van der Waals surface area (Å²) < 4.78 is 62.7. The molecule has 1 N–H and O–H groups in total. The summed E-state index contributed by atoms with van der Waals surface area (Å²) in [6.07, 6.45) is 3.50. The Bertz CT molecular complexity index is 1410. The Morgan fingerprint density at radius 2 is 1.97 bits per heavy atom. The number of carbonyl (C=O) groups is 1. The van der Waals surface area contributed by atoms with Crippen molar-refractivity contribution < 1.29 is 31.5 Å². The van der Waals surface area contributed by atoms with Gasteiger partial charge in [-0.05, 0) is 38.8 Å². The molecule has 1 aliphatic heterocycles. The number of sulfone groups is 1. The fourth-order valence-electron chi connectivity index (χ4n) is 3.74. The first-order chi connectivity index (χ1) is 16.7. The highest BCUT2D eigenvalue weighted by Crippen LogP contribution is 2.34. The van der Waals surface area contributed by atoms with Gasteiger partial charge in [0.05, 0.1) is 22.2 Å². The molecule has 3 aromatic heterocycles. The van der Waals surface area contributed by atoms with E-state index in [9.17, 15) is 22.0 Å². The number of hydrogen-bond donors (Lipinski definition) is 1. The van der Waals surface area contributed by atoms with Crippen molar-refractivity contribution >= 4 is 33.0 Å². The molecule has 9 nitrogen and oxygen atoms in total. The minimum Gasteiger partial charge on any atom is -0.482 e. The zero-order valence-electron chi connectivity index (χ0n) is 19.8. The molecule has 4 rings (SSSR count). The van der Waals surface area contributed by atoms with Crippen LogP contribution in [0.2, 0.25) is 5.02 Å². The van der Waals surface area contributed by atoms with Crippen LogP contribution in [0.1, 0.15) is 42.9 Å². The lowest BCUT2D eigenvalue weighted by Crippen LogP contribution is -2.51. The Morgan fingerprint density at radius 3 is 2.64 bits per heavy atom. The summed E-state index contributed by atoms with van der Waals surface area (Å²) >= 11 is 5.94. The number of fused-ring (bicyclic) bond motifs is 1. The van der Waals surface area contributed by atoms with Gasteiger partial charge < -0.3 is 14.8 Å². The molecule has 0 atom stereocenters. The highest BCUT2D eigenvalue weighted by atomic mass is 35.5. The lowest BCUT2D eigenvalue weighted by atomic mass is 9.95. The number of nitrogens with one attached hydrogen (secondary N) is 1. The van der Waals surface area contributed by atoms with Crippen LogP contribution in [-0.2, 0) is 9.84 Å². The van der Waals surface area contributed by atoms with E-state index in [0.717, 1.165) is 6.92 Å². The SMILES string of the molecule is Cc1c(Oc2ncc(Cl)cc2OCC(C)(F)F)ccc2nc(C(=O)NC3(C)CCS(=O)(=O)CC3)cn12. The summed E-state index contributed by atoms with van der Waals surface area (Å²) in [5.41, 5.74) is 0.557. The molecule has 13 heteroatoms. The number of hydrogen-bond acceptors (Lipinski definition) is 7. The highest BCUT2D eigenvalue weighted by Gasteiger charge is 2.35. The van der Waals surface area contributed by atoms with Gasteiger partial charge in [0.2, 0.25) is 0 Å². The molecule has 1 fully saturated rings. The van der Waals surface area contributed by atoms with Crippen LogP contribution >= 0.6 is 11.6 Å². The maximum atomic E-state index is 13.3. The van der Waals surface area contributed by atoms with Gasteiger partial charge in [0.15, 0.2) is 12.4 Å². The summed E-state index contributed by atoms with van der Waals surface area (Å²) in [5.74, 6) is -3.20. The summed E-state index contributed by atoms with van der Waals surface area (Å²) in [5, 5.41) is 3.11. The van der Waals surface area contributed by atoms with Gasteiger partial charge in [0.1, 0.15) is 26.9 Å². The van der Waals surface area contributed by atoms with E-state index in [0.29, 0.717) is 29.9 Å². The average molecular weight is 543 g/mol. The van der Waals surface area contributed by atoms with E-state index in [1.165, 1.54) is 12.3 Å². The van der Waals surface area contributed by atoms with Crippen molar-refractivity contribution in [3.05, 3.63) is 47.0 Å². The van der Waals surface area contributed by atoms with Gasteiger partial charge in [0, 0.05) is 30.9 Å². The van der Waals surface area contributed by atoms with Gasteiger partial charge in [-0.25, -0.2) is 27.2 Å². The number of pyridine rings is 2.